The molecule has 506 valence electrons. The summed E-state index contributed by atoms with van der Waals surface area (Å²) in [4.78, 5) is 15.0. The van der Waals surface area contributed by atoms with E-state index in [4.69, 9.17) is 9.97 Å². The zero-order chi connectivity index (χ0) is 66.0. The highest BCUT2D eigenvalue weighted by molar-refractivity contribution is 7.29. The zero-order valence-electron chi connectivity index (χ0n) is 60.7. The molecule has 4 heteroatoms. The fourth-order valence-electron chi connectivity index (χ4n) is 17.3. The maximum atomic E-state index is 6.18. The maximum absolute atomic E-state index is 6.18. The summed E-state index contributed by atoms with van der Waals surface area (Å²) < 4.78 is 2.96. The first-order valence-corrected chi connectivity index (χ1v) is 41.1. The third kappa shape index (κ3) is 16.2. The highest BCUT2D eigenvalue weighted by atomic mass is 32.1. The normalized spacial score (nSPS) is 14.6. The number of fused-ring (bicyclic) bond motifs is 10. The number of thiophene rings is 2. The summed E-state index contributed by atoms with van der Waals surface area (Å²) in [5.74, 6) is 0. The molecule has 0 saturated heterocycles. The van der Waals surface area contributed by atoms with Gasteiger partial charge in [0.2, 0.25) is 0 Å². The van der Waals surface area contributed by atoms with Crippen molar-refractivity contribution in [1.29, 1.82) is 0 Å². The van der Waals surface area contributed by atoms with Crippen LogP contribution in [0.15, 0.2) is 109 Å². The lowest BCUT2D eigenvalue weighted by Gasteiger charge is -2.33. The van der Waals surface area contributed by atoms with E-state index < -0.39 is 0 Å². The van der Waals surface area contributed by atoms with E-state index >= 15 is 0 Å². The molecule has 1 atom stereocenters. The summed E-state index contributed by atoms with van der Waals surface area (Å²) in [6.45, 7) is 18.9. The fourth-order valence-corrected chi connectivity index (χ4v) is 19.8. The van der Waals surface area contributed by atoms with E-state index in [1.807, 2.05) is 22.7 Å². The quantitative estimate of drug-likeness (QED) is 0.0356. The zero-order valence-corrected chi connectivity index (χ0v) is 62.3. The van der Waals surface area contributed by atoms with Crippen LogP contribution in [0.5, 0.6) is 0 Å². The van der Waals surface area contributed by atoms with Gasteiger partial charge in [-0.05, 0) is 155 Å². The molecule has 0 spiro atoms. The average molecular weight is 1310 g/mol. The molecule has 9 aromatic rings. The van der Waals surface area contributed by atoms with Gasteiger partial charge < -0.3 is 0 Å². The second-order valence-electron chi connectivity index (χ2n) is 30.0. The van der Waals surface area contributed by atoms with E-state index in [0.29, 0.717) is 0 Å². The van der Waals surface area contributed by atoms with E-state index in [-0.39, 0.29) is 10.8 Å². The fraction of sp³-hybridized carbons (Fsp3) is 0.538. The van der Waals surface area contributed by atoms with E-state index in [1.165, 1.54) is 321 Å². The van der Waals surface area contributed by atoms with Crippen LogP contribution in [0.2, 0.25) is 0 Å². The molecule has 3 heterocycles. The predicted octanol–water partition coefficient (Wildman–Crippen LogP) is 29.8. The Bertz CT molecular complexity index is 3920. The van der Waals surface area contributed by atoms with Gasteiger partial charge in [-0.25, -0.2) is 9.97 Å². The standard InChI is InChI=1S/C91H120N2S2/c1-9-14-19-22-25-26-27-28-29-30-31-32-33-34-35-36-39-46-59-90(8)79-51-44-42-49-72(79)74-57-54-68(63-81(74)90)85-86(69-55-58-75-73-50-43-45-52-80(73)91(60-17-12-4,61-18-13-5)82(75)64-69)93-87-76(56-53-66(6)84(87)92-85)83-65-78-71(48-41-38-24-21-16-11-3)70(47-40-37-23-20-15-10-2)77-62-67(7)94-88(77)89(78)95-83/h42-45,49-58,62-65H,9-41,46-48,59-61H2,1-8H3. The largest absolute Gasteiger partial charge is 0.244 e. The highest BCUT2D eigenvalue weighted by Gasteiger charge is 2.43. The third-order valence-electron chi connectivity index (χ3n) is 22.8. The molecule has 95 heavy (non-hydrogen) atoms. The number of nitrogens with zero attached hydrogens (tertiary/aromatic N) is 2. The summed E-state index contributed by atoms with van der Waals surface area (Å²) in [6.07, 6.45) is 51.6. The van der Waals surface area contributed by atoms with Gasteiger partial charge in [0.25, 0.3) is 0 Å². The van der Waals surface area contributed by atoms with Crippen LogP contribution in [0.3, 0.4) is 0 Å². The van der Waals surface area contributed by atoms with Gasteiger partial charge in [-0.15, -0.1) is 22.7 Å². The molecule has 0 radical (unpaired) electrons. The van der Waals surface area contributed by atoms with E-state index in [1.54, 1.807) is 11.1 Å². The Balaban J connectivity index is 0.957. The second-order valence-corrected chi connectivity index (χ2v) is 32.3. The third-order valence-corrected chi connectivity index (χ3v) is 25.2. The Morgan fingerprint density at radius 2 is 0.747 bits per heavy atom. The van der Waals surface area contributed by atoms with Crippen molar-refractivity contribution in [2.45, 2.75) is 317 Å². The highest BCUT2D eigenvalue weighted by Crippen LogP contribution is 2.57. The van der Waals surface area contributed by atoms with Crippen molar-refractivity contribution in [2.75, 3.05) is 0 Å². The number of hydrogen-bond acceptors (Lipinski definition) is 4. The number of rotatable bonds is 42. The van der Waals surface area contributed by atoms with Gasteiger partial charge in [0.05, 0.1) is 31.8 Å². The van der Waals surface area contributed by atoms with Crippen LogP contribution in [0.1, 0.15) is 323 Å². The summed E-state index contributed by atoms with van der Waals surface area (Å²) in [6, 6.07) is 43.6. The molecule has 2 nitrogen and oxygen atoms in total. The molecule has 0 N–H and O–H groups in total. The smallest absolute Gasteiger partial charge is 0.0984 e. The second kappa shape index (κ2) is 34.9. The summed E-state index contributed by atoms with van der Waals surface area (Å²) >= 11 is 4.04. The maximum Gasteiger partial charge on any atom is 0.0984 e. The van der Waals surface area contributed by atoms with Crippen LogP contribution in [0.25, 0.3) is 86.4 Å². The van der Waals surface area contributed by atoms with Crippen LogP contribution in [-0.4, -0.2) is 9.97 Å². The van der Waals surface area contributed by atoms with Crippen molar-refractivity contribution < 1.29 is 0 Å². The van der Waals surface area contributed by atoms with Crippen molar-refractivity contribution in [3.63, 3.8) is 0 Å². The van der Waals surface area contributed by atoms with Crippen molar-refractivity contribution in [3.05, 3.63) is 153 Å². The van der Waals surface area contributed by atoms with E-state index in [9.17, 15) is 0 Å². The lowest BCUT2D eigenvalue weighted by molar-refractivity contribution is 0.414. The van der Waals surface area contributed by atoms with Crippen LogP contribution in [0, 0.1) is 13.8 Å². The molecule has 0 aliphatic heterocycles. The van der Waals surface area contributed by atoms with Crippen LogP contribution in [-0.2, 0) is 23.7 Å². The minimum absolute atomic E-state index is 0.0445. The number of benzene rings is 6. The Morgan fingerprint density at radius 1 is 0.337 bits per heavy atom. The minimum atomic E-state index is -0.0991. The van der Waals surface area contributed by atoms with Crippen LogP contribution >= 0.6 is 22.7 Å². The molecule has 0 saturated carbocycles. The molecule has 1 unspecified atom stereocenters. The van der Waals surface area contributed by atoms with Gasteiger partial charge in [0.15, 0.2) is 0 Å². The molecular formula is C91H120N2S2. The number of aryl methyl sites for hydroxylation is 4. The average Bonchev–Trinajstić information content (AvgIpc) is 1.62. The summed E-state index contributed by atoms with van der Waals surface area (Å²) in [5.41, 5.74) is 23.5. The summed E-state index contributed by atoms with van der Waals surface area (Å²) in [5, 5.41) is 3.02. The molecule has 0 amide bonds. The van der Waals surface area contributed by atoms with Gasteiger partial charge in [-0.1, -0.05) is 332 Å². The predicted molar refractivity (Wildman–Crippen MR) is 421 cm³/mol. The van der Waals surface area contributed by atoms with Crippen molar-refractivity contribution in [3.8, 4) is 55.2 Å². The van der Waals surface area contributed by atoms with Gasteiger partial charge >= 0.3 is 0 Å². The molecule has 2 aliphatic carbocycles. The SMILES string of the molecule is CCCCCCCCCCCCCCCCCCCCC1(C)c2ccccc2-c2ccc(-c3nc4c(C)ccc(-c5cc6c(CCCCCCCC)c(CCCCCCCC)c7cc(C)sc7c6s5)c4nc3-c3ccc4c(c3)C(CCCC)(CCCC)c3ccccc3-4)cc21. The Morgan fingerprint density at radius 3 is 1.28 bits per heavy atom. The first-order valence-electron chi connectivity index (χ1n) is 39.5. The number of hydrogen-bond donors (Lipinski definition) is 0. The van der Waals surface area contributed by atoms with Gasteiger partial charge in [-0.3, -0.25) is 0 Å². The number of aromatic nitrogens is 2. The Hall–Kier alpha value is -5.42. The van der Waals surface area contributed by atoms with Crippen molar-refractivity contribution >= 4 is 53.9 Å². The van der Waals surface area contributed by atoms with E-state index in [2.05, 4.69) is 165 Å². The number of unbranched alkanes of at least 4 members (excludes halogenated alkanes) is 29. The molecule has 11 rings (SSSR count). The van der Waals surface area contributed by atoms with Crippen molar-refractivity contribution in [1.82, 2.24) is 9.97 Å². The topological polar surface area (TPSA) is 25.8 Å². The lowest BCUT2D eigenvalue weighted by atomic mass is 9.70. The van der Waals surface area contributed by atoms with Gasteiger partial charge in [0, 0.05) is 37.3 Å². The van der Waals surface area contributed by atoms with Crippen LogP contribution < -0.4 is 0 Å². The van der Waals surface area contributed by atoms with E-state index in [0.717, 1.165) is 48.1 Å². The van der Waals surface area contributed by atoms with Gasteiger partial charge in [-0.2, -0.15) is 0 Å². The van der Waals surface area contributed by atoms with Crippen LogP contribution in [0.4, 0.5) is 0 Å². The molecule has 6 aromatic carbocycles. The van der Waals surface area contributed by atoms with Crippen molar-refractivity contribution in [2.24, 2.45) is 0 Å². The molecule has 3 aromatic heterocycles. The monoisotopic (exact) mass is 1300 g/mol. The molecular weight excluding hydrogens is 1190 g/mol. The lowest BCUT2D eigenvalue weighted by Crippen LogP contribution is -2.25. The first-order chi connectivity index (χ1) is 46.7. The minimum Gasteiger partial charge on any atom is -0.244 e. The Kier molecular flexibility index (Phi) is 26.0. The molecule has 2 aliphatic rings. The van der Waals surface area contributed by atoms with Gasteiger partial charge in [0.1, 0.15) is 0 Å². The Labute approximate surface area is 584 Å². The summed E-state index contributed by atoms with van der Waals surface area (Å²) in [7, 11) is 0. The first kappa shape index (κ1) is 70.9. The molecule has 0 bridgehead atoms. The molecule has 0 fully saturated rings.